The fourth-order valence-electron chi connectivity index (χ4n) is 2.91. The van der Waals surface area contributed by atoms with Crippen molar-refractivity contribution < 1.29 is 4.39 Å². The number of hydrogen-bond donors (Lipinski definition) is 1. The van der Waals surface area contributed by atoms with Crippen molar-refractivity contribution in [3.63, 3.8) is 0 Å². The van der Waals surface area contributed by atoms with E-state index in [-0.39, 0.29) is 12.4 Å². The lowest BCUT2D eigenvalue weighted by atomic mass is 10.2. The van der Waals surface area contributed by atoms with E-state index in [1.165, 1.54) is 0 Å². The third kappa shape index (κ3) is 3.07. The third-order valence-electron chi connectivity index (χ3n) is 4.11. The molecule has 0 radical (unpaired) electrons. The third-order valence-corrected chi connectivity index (χ3v) is 4.11. The first-order valence-electron chi connectivity index (χ1n) is 7.17. The second-order valence-electron chi connectivity index (χ2n) is 5.09. The maximum Gasteiger partial charge on any atom is 0.129 e. The number of anilines is 1. The monoisotopic (exact) mass is 265 g/mol. The minimum Gasteiger partial charge on any atom is -0.370 e. The van der Waals surface area contributed by atoms with Crippen LogP contribution in [0.1, 0.15) is 25.8 Å². The van der Waals surface area contributed by atoms with Crippen molar-refractivity contribution in [2.75, 3.05) is 31.1 Å². The number of benzene rings is 1. The van der Waals surface area contributed by atoms with Gasteiger partial charge in [-0.1, -0.05) is 19.9 Å². The van der Waals surface area contributed by atoms with Gasteiger partial charge in [0.05, 0.1) is 0 Å². The quantitative estimate of drug-likeness (QED) is 0.886. The van der Waals surface area contributed by atoms with Crippen LogP contribution < -0.4 is 10.6 Å². The molecule has 0 amide bonds. The first-order valence-corrected chi connectivity index (χ1v) is 7.17. The number of likely N-dealkylation sites (N-methyl/N-ethyl adjacent to an activating group) is 1. The van der Waals surface area contributed by atoms with Crippen LogP contribution in [0.15, 0.2) is 18.2 Å². The van der Waals surface area contributed by atoms with Crippen molar-refractivity contribution >= 4 is 5.69 Å². The zero-order valence-electron chi connectivity index (χ0n) is 11.9. The smallest absolute Gasteiger partial charge is 0.129 e. The van der Waals surface area contributed by atoms with Crippen molar-refractivity contribution in [1.82, 2.24) is 4.90 Å². The van der Waals surface area contributed by atoms with Crippen molar-refractivity contribution in [2.24, 2.45) is 5.73 Å². The molecule has 1 aromatic rings. The second-order valence-corrected chi connectivity index (χ2v) is 5.09. The molecule has 1 heterocycles. The van der Waals surface area contributed by atoms with Crippen LogP contribution in [0.25, 0.3) is 0 Å². The standard InChI is InChI=1S/C15H24FN3/c1-3-18(4-2)14-7-8-19(11-14)13-6-5-12(10-17)15(16)9-13/h5-6,9,14H,3-4,7-8,10-11,17H2,1-2H3. The largest absolute Gasteiger partial charge is 0.370 e. The lowest BCUT2D eigenvalue weighted by Gasteiger charge is -2.26. The number of hydrogen-bond acceptors (Lipinski definition) is 3. The minimum atomic E-state index is -0.189. The minimum absolute atomic E-state index is 0.189. The number of nitrogens with two attached hydrogens (primary N) is 1. The van der Waals surface area contributed by atoms with Gasteiger partial charge in [0.1, 0.15) is 5.82 Å². The molecule has 1 aliphatic rings. The maximum absolute atomic E-state index is 13.8. The highest BCUT2D eigenvalue weighted by molar-refractivity contribution is 5.49. The molecule has 4 heteroatoms. The van der Waals surface area contributed by atoms with E-state index in [0.717, 1.165) is 38.3 Å². The molecule has 1 aromatic carbocycles. The molecular formula is C15H24FN3. The average Bonchev–Trinajstić information content (AvgIpc) is 2.90. The molecule has 0 aliphatic carbocycles. The van der Waals surface area contributed by atoms with Gasteiger partial charge in [-0.25, -0.2) is 4.39 Å². The Labute approximate surface area is 115 Å². The average molecular weight is 265 g/mol. The molecular weight excluding hydrogens is 241 g/mol. The number of rotatable bonds is 5. The van der Waals surface area contributed by atoms with E-state index >= 15 is 0 Å². The summed E-state index contributed by atoms with van der Waals surface area (Å²) < 4.78 is 13.8. The maximum atomic E-state index is 13.8. The Hall–Kier alpha value is -1.13. The molecule has 106 valence electrons. The molecule has 0 aromatic heterocycles. The van der Waals surface area contributed by atoms with Crippen molar-refractivity contribution in [3.8, 4) is 0 Å². The predicted octanol–water partition coefficient (Wildman–Crippen LogP) is 2.20. The molecule has 1 saturated heterocycles. The Kier molecular flexibility index (Phi) is 4.77. The second kappa shape index (κ2) is 6.35. The first kappa shape index (κ1) is 14.3. The van der Waals surface area contributed by atoms with Gasteiger partial charge in [-0.2, -0.15) is 0 Å². The Balaban J connectivity index is 2.06. The van der Waals surface area contributed by atoms with Gasteiger partial charge >= 0.3 is 0 Å². The van der Waals surface area contributed by atoms with Crippen molar-refractivity contribution in [1.29, 1.82) is 0 Å². The van der Waals surface area contributed by atoms with E-state index in [4.69, 9.17) is 5.73 Å². The van der Waals surface area contributed by atoms with Crippen LogP contribution in [0.4, 0.5) is 10.1 Å². The van der Waals surface area contributed by atoms with E-state index in [2.05, 4.69) is 23.6 Å². The Morgan fingerprint density at radius 3 is 2.68 bits per heavy atom. The molecule has 0 spiro atoms. The zero-order chi connectivity index (χ0) is 13.8. The van der Waals surface area contributed by atoms with Gasteiger partial charge in [0.15, 0.2) is 0 Å². The molecule has 3 nitrogen and oxygen atoms in total. The van der Waals surface area contributed by atoms with Crippen molar-refractivity contribution in [2.45, 2.75) is 32.9 Å². The van der Waals surface area contributed by atoms with E-state index in [0.29, 0.717) is 11.6 Å². The van der Waals surface area contributed by atoms with Gasteiger partial charge in [0, 0.05) is 36.9 Å². The highest BCUT2D eigenvalue weighted by Gasteiger charge is 2.26. The molecule has 1 unspecified atom stereocenters. The van der Waals surface area contributed by atoms with Gasteiger partial charge in [-0.15, -0.1) is 0 Å². The summed E-state index contributed by atoms with van der Waals surface area (Å²) in [6, 6.07) is 5.99. The molecule has 1 fully saturated rings. The normalized spacial score (nSPS) is 19.4. The summed E-state index contributed by atoms with van der Waals surface area (Å²) >= 11 is 0. The highest BCUT2D eigenvalue weighted by Crippen LogP contribution is 2.24. The summed E-state index contributed by atoms with van der Waals surface area (Å²) in [4.78, 5) is 4.75. The first-order chi connectivity index (χ1) is 9.19. The van der Waals surface area contributed by atoms with Crippen LogP contribution in [0.2, 0.25) is 0 Å². The SMILES string of the molecule is CCN(CC)C1CCN(c2ccc(CN)c(F)c2)C1. The fourth-order valence-corrected chi connectivity index (χ4v) is 2.91. The van der Waals surface area contributed by atoms with E-state index in [9.17, 15) is 4.39 Å². The van der Waals surface area contributed by atoms with E-state index in [1.54, 1.807) is 12.1 Å². The summed E-state index contributed by atoms with van der Waals surface area (Å²) in [5, 5.41) is 0. The molecule has 2 rings (SSSR count). The van der Waals surface area contributed by atoms with Crippen LogP contribution in [0, 0.1) is 5.82 Å². The van der Waals surface area contributed by atoms with Crippen LogP contribution in [0.3, 0.4) is 0 Å². The summed E-state index contributed by atoms with van der Waals surface area (Å²) in [5.41, 5.74) is 7.05. The van der Waals surface area contributed by atoms with Crippen LogP contribution >= 0.6 is 0 Å². The fraction of sp³-hybridized carbons (Fsp3) is 0.600. The molecule has 2 N–H and O–H groups in total. The molecule has 0 saturated carbocycles. The summed E-state index contributed by atoms with van der Waals surface area (Å²) in [5.74, 6) is -0.189. The van der Waals surface area contributed by atoms with Crippen molar-refractivity contribution in [3.05, 3.63) is 29.6 Å². The zero-order valence-corrected chi connectivity index (χ0v) is 11.9. The van der Waals surface area contributed by atoms with Crippen LogP contribution in [-0.4, -0.2) is 37.1 Å². The number of nitrogens with zero attached hydrogens (tertiary/aromatic N) is 2. The van der Waals surface area contributed by atoms with E-state index < -0.39 is 0 Å². The number of halogens is 1. The molecule has 0 bridgehead atoms. The Morgan fingerprint density at radius 1 is 1.37 bits per heavy atom. The van der Waals surface area contributed by atoms with Gasteiger partial charge in [-0.3, -0.25) is 4.90 Å². The summed E-state index contributed by atoms with van der Waals surface area (Å²) in [7, 11) is 0. The Bertz CT molecular complexity index is 418. The topological polar surface area (TPSA) is 32.5 Å². The van der Waals surface area contributed by atoms with Gasteiger partial charge < -0.3 is 10.6 Å². The molecule has 19 heavy (non-hydrogen) atoms. The van der Waals surface area contributed by atoms with Crippen LogP contribution in [0.5, 0.6) is 0 Å². The summed E-state index contributed by atoms with van der Waals surface area (Å²) in [6.07, 6.45) is 1.15. The van der Waals surface area contributed by atoms with E-state index in [1.807, 2.05) is 6.07 Å². The molecule has 1 aliphatic heterocycles. The van der Waals surface area contributed by atoms with Gasteiger partial charge in [0.25, 0.3) is 0 Å². The van der Waals surface area contributed by atoms with Gasteiger partial charge in [0.2, 0.25) is 0 Å². The van der Waals surface area contributed by atoms with Crippen LogP contribution in [-0.2, 0) is 6.54 Å². The Morgan fingerprint density at radius 2 is 2.11 bits per heavy atom. The molecule has 1 atom stereocenters. The lowest BCUT2D eigenvalue weighted by Crippen LogP contribution is -2.37. The highest BCUT2D eigenvalue weighted by atomic mass is 19.1. The van der Waals surface area contributed by atoms with Gasteiger partial charge in [-0.05, 0) is 31.6 Å². The summed E-state index contributed by atoms with van der Waals surface area (Å²) in [6.45, 7) is 8.80. The predicted molar refractivity (Wildman–Crippen MR) is 77.8 cm³/mol. The lowest BCUT2D eigenvalue weighted by molar-refractivity contribution is 0.232.